The third-order valence-electron chi connectivity index (χ3n) is 3.13. The van der Waals surface area contributed by atoms with E-state index in [4.69, 9.17) is 9.84 Å². The highest BCUT2D eigenvalue weighted by Gasteiger charge is 2.33. The molecule has 1 fully saturated rings. The van der Waals surface area contributed by atoms with Crippen LogP contribution in [0.2, 0.25) is 0 Å². The van der Waals surface area contributed by atoms with E-state index in [1.54, 1.807) is 18.2 Å². The Bertz CT molecular complexity index is 517. The molecule has 1 aromatic carbocycles. The Hall–Kier alpha value is -1.40. The Kier molecular flexibility index (Phi) is 4.21. The van der Waals surface area contributed by atoms with Gasteiger partial charge >= 0.3 is 5.97 Å². The third kappa shape index (κ3) is 2.64. The summed E-state index contributed by atoms with van der Waals surface area (Å²) in [5, 5.41) is 9.16. The smallest absolute Gasteiger partial charge is 0.340 e. The molecule has 1 aromatic rings. The van der Waals surface area contributed by atoms with Crippen LogP contribution >= 0.6 is 15.9 Å². The van der Waals surface area contributed by atoms with Gasteiger partial charge in [0.25, 0.3) is 0 Å². The number of carbonyl (C=O) groups excluding carboxylic acids is 2. The molecule has 1 aliphatic rings. The molecule has 1 saturated heterocycles. The summed E-state index contributed by atoms with van der Waals surface area (Å²) in [5.74, 6) is -0.683. The number of halogens is 1. The molecule has 0 aromatic heterocycles. The molecule has 0 spiro atoms. The Morgan fingerprint density at radius 3 is 2.89 bits per heavy atom. The Morgan fingerprint density at radius 1 is 1.58 bits per heavy atom. The van der Waals surface area contributed by atoms with E-state index < -0.39 is 5.97 Å². The second-order valence-electron chi connectivity index (χ2n) is 4.38. The van der Waals surface area contributed by atoms with Crippen LogP contribution in [0.25, 0.3) is 0 Å². The minimum absolute atomic E-state index is 0.0414. The van der Waals surface area contributed by atoms with Gasteiger partial charge in [0.15, 0.2) is 0 Å². The maximum absolute atomic E-state index is 12.0. The van der Waals surface area contributed by atoms with Gasteiger partial charge in [0.1, 0.15) is 0 Å². The minimum Gasteiger partial charge on any atom is -0.465 e. The summed E-state index contributed by atoms with van der Waals surface area (Å²) in [7, 11) is 1.30. The Balaban J connectivity index is 2.44. The lowest BCUT2D eigenvalue weighted by atomic mass is 10.1. The zero-order chi connectivity index (χ0) is 14.0. The first-order chi connectivity index (χ1) is 9.08. The molecule has 102 valence electrons. The molecule has 1 N–H and O–H groups in total. The number of rotatable bonds is 3. The summed E-state index contributed by atoms with van der Waals surface area (Å²) in [4.78, 5) is 25.3. The van der Waals surface area contributed by atoms with E-state index in [-0.39, 0.29) is 18.4 Å². The van der Waals surface area contributed by atoms with E-state index in [0.717, 1.165) is 0 Å². The first kappa shape index (κ1) is 14.0. The minimum atomic E-state index is -0.489. The molecule has 2 rings (SSSR count). The predicted octanol–water partition coefficient (Wildman–Crippen LogP) is 1.58. The van der Waals surface area contributed by atoms with Gasteiger partial charge in [0.2, 0.25) is 5.91 Å². The Morgan fingerprint density at radius 2 is 2.32 bits per heavy atom. The van der Waals surface area contributed by atoms with Crippen molar-refractivity contribution < 1.29 is 19.4 Å². The summed E-state index contributed by atoms with van der Waals surface area (Å²) >= 11 is 3.36. The van der Waals surface area contributed by atoms with Gasteiger partial charge < -0.3 is 14.7 Å². The van der Waals surface area contributed by atoms with Crippen LogP contribution in [0.1, 0.15) is 16.8 Å². The topological polar surface area (TPSA) is 66.8 Å². The Labute approximate surface area is 119 Å². The average Bonchev–Trinajstić information content (AvgIpc) is 2.78. The van der Waals surface area contributed by atoms with Gasteiger partial charge in [-0.15, -0.1) is 0 Å². The average molecular weight is 328 g/mol. The number of para-hydroxylation sites is 1. The maximum atomic E-state index is 12.0. The molecule has 0 saturated carbocycles. The number of ether oxygens (including phenoxy) is 1. The van der Waals surface area contributed by atoms with Crippen molar-refractivity contribution in [2.45, 2.75) is 6.42 Å². The van der Waals surface area contributed by atoms with E-state index in [1.807, 2.05) is 0 Å². The van der Waals surface area contributed by atoms with Crippen molar-refractivity contribution >= 4 is 33.5 Å². The highest BCUT2D eigenvalue weighted by atomic mass is 79.9. The predicted molar refractivity (Wildman–Crippen MR) is 73.0 cm³/mol. The number of benzene rings is 1. The number of nitrogens with zero attached hydrogens (tertiary/aromatic N) is 1. The molecule has 1 unspecified atom stereocenters. The van der Waals surface area contributed by atoms with Crippen molar-refractivity contribution in [1.29, 1.82) is 0 Å². The van der Waals surface area contributed by atoms with Gasteiger partial charge in [0.05, 0.1) is 18.4 Å². The first-order valence-electron chi connectivity index (χ1n) is 5.86. The van der Waals surface area contributed by atoms with E-state index >= 15 is 0 Å². The van der Waals surface area contributed by atoms with E-state index in [0.29, 0.717) is 28.7 Å². The highest BCUT2D eigenvalue weighted by molar-refractivity contribution is 9.10. The number of esters is 1. The maximum Gasteiger partial charge on any atom is 0.340 e. The SMILES string of the molecule is COC(=O)c1cccc(Br)c1N1CC(CO)CC1=O. The molecule has 1 amide bonds. The zero-order valence-corrected chi connectivity index (χ0v) is 12.0. The summed E-state index contributed by atoms with van der Waals surface area (Å²) in [6.07, 6.45) is 0.290. The van der Waals surface area contributed by atoms with Gasteiger partial charge in [-0.1, -0.05) is 6.07 Å². The largest absolute Gasteiger partial charge is 0.465 e. The molecule has 0 aliphatic carbocycles. The van der Waals surface area contributed by atoms with E-state index in [2.05, 4.69) is 15.9 Å². The van der Waals surface area contributed by atoms with Crippen molar-refractivity contribution in [3.8, 4) is 0 Å². The molecule has 19 heavy (non-hydrogen) atoms. The number of hydrogen-bond acceptors (Lipinski definition) is 4. The van der Waals surface area contributed by atoms with Crippen LogP contribution in [0.4, 0.5) is 5.69 Å². The van der Waals surface area contributed by atoms with Gasteiger partial charge in [0, 0.05) is 30.0 Å². The summed E-state index contributed by atoms with van der Waals surface area (Å²) in [5.41, 5.74) is 0.846. The van der Waals surface area contributed by atoms with Crippen LogP contribution in [0.5, 0.6) is 0 Å². The number of anilines is 1. The molecule has 1 heterocycles. The van der Waals surface area contributed by atoms with Crippen LogP contribution in [-0.4, -0.2) is 37.2 Å². The van der Waals surface area contributed by atoms with Crippen molar-refractivity contribution in [2.24, 2.45) is 5.92 Å². The lowest BCUT2D eigenvalue weighted by Crippen LogP contribution is -2.27. The monoisotopic (exact) mass is 327 g/mol. The molecular formula is C13H14BrNO4. The fourth-order valence-electron chi connectivity index (χ4n) is 2.18. The van der Waals surface area contributed by atoms with Crippen LogP contribution in [0.15, 0.2) is 22.7 Å². The number of aliphatic hydroxyl groups is 1. The van der Waals surface area contributed by atoms with Crippen molar-refractivity contribution in [3.63, 3.8) is 0 Å². The van der Waals surface area contributed by atoms with Gasteiger partial charge in [-0.25, -0.2) is 4.79 Å². The van der Waals surface area contributed by atoms with Gasteiger partial charge in [-0.2, -0.15) is 0 Å². The third-order valence-corrected chi connectivity index (χ3v) is 3.77. The number of aliphatic hydroxyl groups excluding tert-OH is 1. The fraction of sp³-hybridized carbons (Fsp3) is 0.385. The van der Waals surface area contributed by atoms with Crippen LogP contribution < -0.4 is 4.90 Å². The fourth-order valence-corrected chi connectivity index (χ4v) is 2.76. The van der Waals surface area contributed by atoms with Crippen LogP contribution in [-0.2, 0) is 9.53 Å². The second kappa shape index (κ2) is 5.71. The summed E-state index contributed by atoms with van der Waals surface area (Å²) in [6, 6.07) is 5.09. The number of amides is 1. The lowest BCUT2D eigenvalue weighted by molar-refractivity contribution is -0.117. The molecule has 0 bridgehead atoms. The van der Waals surface area contributed by atoms with E-state index in [1.165, 1.54) is 12.0 Å². The molecule has 0 radical (unpaired) electrons. The molecule has 1 atom stereocenters. The molecule has 1 aliphatic heterocycles. The number of carbonyl (C=O) groups is 2. The quantitative estimate of drug-likeness (QED) is 0.856. The van der Waals surface area contributed by atoms with Crippen molar-refractivity contribution in [2.75, 3.05) is 25.2 Å². The van der Waals surface area contributed by atoms with Crippen LogP contribution in [0, 0.1) is 5.92 Å². The second-order valence-corrected chi connectivity index (χ2v) is 5.24. The summed E-state index contributed by atoms with van der Waals surface area (Å²) in [6.45, 7) is 0.363. The standard InChI is InChI=1S/C13H14BrNO4/c1-19-13(18)9-3-2-4-10(14)12(9)15-6-8(7-16)5-11(15)17/h2-4,8,16H,5-7H2,1H3. The first-order valence-corrected chi connectivity index (χ1v) is 6.65. The molecular weight excluding hydrogens is 314 g/mol. The number of hydrogen-bond donors (Lipinski definition) is 1. The van der Waals surface area contributed by atoms with Crippen molar-refractivity contribution in [1.82, 2.24) is 0 Å². The van der Waals surface area contributed by atoms with Crippen LogP contribution in [0.3, 0.4) is 0 Å². The van der Waals surface area contributed by atoms with E-state index in [9.17, 15) is 9.59 Å². The zero-order valence-electron chi connectivity index (χ0n) is 10.4. The van der Waals surface area contributed by atoms with Gasteiger partial charge in [-0.3, -0.25) is 4.79 Å². The lowest BCUT2D eigenvalue weighted by Gasteiger charge is -2.20. The van der Waals surface area contributed by atoms with Gasteiger partial charge in [-0.05, 0) is 28.1 Å². The molecule has 5 nitrogen and oxygen atoms in total. The highest BCUT2D eigenvalue weighted by Crippen LogP contribution is 2.34. The summed E-state index contributed by atoms with van der Waals surface area (Å²) < 4.78 is 5.39. The number of methoxy groups -OCH3 is 1. The normalized spacial score (nSPS) is 18.8. The molecule has 6 heteroatoms. The van der Waals surface area contributed by atoms with Crippen molar-refractivity contribution in [3.05, 3.63) is 28.2 Å².